The molecule has 1 aliphatic carbocycles. The molecule has 0 bridgehead atoms. The van der Waals surface area contributed by atoms with Crippen molar-refractivity contribution in [1.82, 2.24) is 9.97 Å². The number of anilines is 2. The van der Waals surface area contributed by atoms with Crippen molar-refractivity contribution in [2.45, 2.75) is 57.9 Å². The second-order valence-electron chi connectivity index (χ2n) is 5.12. The van der Waals surface area contributed by atoms with E-state index in [2.05, 4.69) is 22.2 Å². The Morgan fingerprint density at radius 1 is 1.26 bits per heavy atom. The van der Waals surface area contributed by atoms with Gasteiger partial charge in [-0.05, 0) is 19.3 Å². The zero-order valence-corrected chi connectivity index (χ0v) is 11.7. The quantitative estimate of drug-likeness (QED) is 0.800. The summed E-state index contributed by atoms with van der Waals surface area (Å²) in [5.41, 5.74) is 6.60. The molecule has 0 saturated heterocycles. The van der Waals surface area contributed by atoms with Gasteiger partial charge >= 0.3 is 0 Å². The molecule has 0 amide bonds. The zero-order valence-electron chi connectivity index (χ0n) is 11.7. The van der Waals surface area contributed by atoms with Crippen molar-refractivity contribution >= 4 is 11.5 Å². The van der Waals surface area contributed by atoms with E-state index in [4.69, 9.17) is 10.5 Å². The van der Waals surface area contributed by atoms with Crippen LogP contribution >= 0.6 is 0 Å². The lowest BCUT2D eigenvalue weighted by Gasteiger charge is -2.18. The van der Waals surface area contributed by atoms with E-state index in [1.165, 1.54) is 44.9 Å². The number of rotatable bonds is 5. The van der Waals surface area contributed by atoms with Crippen molar-refractivity contribution in [3.63, 3.8) is 0 Å². The van der Waals surface area contributed by atoms with Crippen molar-refractivity contribution < 1.29 is 4.74 Å². The minimum atomic E-state index is 0.471. The Hall–Kier alpha value is -1.52. The third-order valence-corrected chi connectivity index (χ3v) is 3.49. The minimum Gasteiger partial charge on any atom is -0.476 e. The highest BCUT2D eigenvalue weighted by Crippen LogP contribution is 2.27. The summed E-state index contributed by atoms with van der Waals surface area (Å²) < 4.78 is 5.52. The molecule has 1 heterocycles. The lowest BCUT2D eigenvalue weighted by Crippen LogP contribution is -2.20. The van der Waals surface area contributed by atoms with Crippen LogP contribution in [0, 0.1) is 0 Å². The molecular weight excluding hydrogens is 240 g/mol. The molecule has 1 aliphatic rings. The number of nitrogen functional groups attached to an aromatic ring is 1. The van der Waals surface area contributed by atoms with Crippen molar-refractivity contribution in [1.29, 1.82) is 0 Å². The van der Waals surface area contributed by atoms with Gasteiger partial charge in [0.1, 0.15) is 12.0 Å². The molecule has 19 heavy (non-hydrogen) atoms. The van der Waals surface area contributed by atoms with E-state index in [0.717, 1.165) is 6.42 Å². The van der Waals surface area contributed by atoms with E-state index in [1.54, 1.807) is 0 Å². The summed E-state index contributed by atoms with van der Waals surface area (Å²) in [7, 11) is 0. The molecule has 3 N–H and O–H groups in total. The highest BCUT2D eigenvalue weighted by molar-refractivity contribution is 5.66. The first-order valence-electron chi connectivity index (χ1n) is 7.31. The number of nitrogens with two attached hydrogens (primary N) is 1. The largest absolute Gasteiger partial charge is 0.476 e. The Balaban J connectivity index is 2.02. The second kappa shape index (κ2) is 7.16. The highest BCUT2D eigenvalue weighted by Gasteiger charge is 2.15. The molecule has 106 valence electrons. The van der Waals surface area contributed by atoms with Crippen LogP contribution in [0.2, 0.25) is 0 Å². The Labute approximate surface area is 115 Å². The summed E-state index contributed by atoms with van der Waals surface area (Å²) in [4.78, 5) is 8.33. The fourth-order valence-corrected chi connectivity index (χ4v) is 2.43. The molecule has 5 heteroatoms. The van der Waals surface area contributed by atoms with Gasteiger partial charge in [-0.2, -0.15) is 4.98 Å². The van der Waals surface area contributed by atoms with Gasteiger partial charge in [-0.1, -0.05) is 32.6 Å². The van der Waals surface area contributed by atoms with Gasteiger partial charge in [0, 0.05) is 6.04 Å². The van der Waals surface area contributed by atoms with Crippen LogP contribution in [0.25, 0.3) is 0 Å². The molecule has 0 atom stereocenters. The number of ether oxygens (including phenoxy) is 1. The standard InChI is InChI=1S/C14H24N4O/c1-2-9-19-14-12(15)13(16-10-17-14)18-11-7-5-3-4-6-8-11/h10-11H,2-9,15H2,1H3,(H,16,17,18). The van der Waals surface area contributed by atoms with Crippen molar-refractivity contribution in [2.24, 2.45) is 0 Å². The van der Waals surface area contributed by atoms with E-state index in [9.17, 15) is 0 Å². The molecule has 1 fully saturated rings. The first-order chi connectivity index (χ1) is 9.31. The number of nitrogens with zero attached hydrogens (tertiary/aromatic N) is 2. The van der Waals surface area contributed by atoms with Crippen LogP contribution in [0.4, 0.5) is 11.5 Å². The molecule has 0 aromatic carbocycles. The van der Waals surface area contributed by atoms with Gasteiger partial charge in [0.05, 0.1) is 6.61 Å². The van der Waals surface area contributed by atoms with Crippen LogP contribution in [0.1, 0.15) is 51.9 Å². The van der Waals surface area contributed by atoms with Crippen LogP contribution < -0.4 is 15.8 Å². The van der Waals surface area contributed by atoms with Gasteiger partial charge < -0.3 is 15.8 Å². The number of hydrogen-bond donors (Lipinski definition) is 2. The van der Waals surface area contributed by atoms with Crippen molar-refractivity contribution in [2.75, 3.05) is 17.7 Å². The average Bonchev–Trinajstić information content (AvgIpc) is 2.68. The smallest absolute Gasteiger partial charge is 0.242 e. The summed E-state index contributed by atoms with van der Waals surface area (Å²) in [6, 6.07) is 0.471. The lowest BCUT2D eigenvalue weighted by molar-refractivity contribution is 0.306. The molecule has 0 spiro atoms. The number of hydrogen-bond acceptors (Lipinski definition) is 5. The van der Waals surface area contributed by atoms with Gasteiger partial charge in [0.25, 0.3) is 0 Å². The van der Waals surface area contributed by atoms with E-state index < -0.39 is 0 Å². The second-order valence-corrected chi connectivity index (χ2v) is 5.12. The van der Waals surface area contributed by atoms with Crippen LogP contribution in [-0.2, 0) is 0 Å². The first kappa shape index (κ1) is 13.9. The summed E-state index contributed by atoms with van der Waals surface area (Å²) in [6.07, 6.45) is 10.1. The number of nitrogens with one attached hydrogen (secondary N) is 1. The SMILES string of the molecule is CCCOc1ncnc(NC2CCCCCC2)c1N. The summed E-state index contributed by atoms with van der Waals surface area (Å²) in [6.45, 7) is 2.69. The summed E-state index contributed by atoms with van der Waals surface area (Å²) >= 11 is 0. The third-order valence-electron chi connectivity index (χ3n) is 3.49. The molecule has 1 saturated carbocycles. The first-order valence-corrected chi connectivity index (χ1v) is 7.31. The van der Waals surface area contributed by atoms with Gasteiger partial charge in [-0.3, -0.25) is 0 Å². The van der Waals surface area contributed by atoms with Crippen molar-refractivity contribution in [3.05, 3.63) is 6.33 Å². The van der Waals surface area contributed by atoms with Gasteiger partial charge in [-0.25, -0.2) is 4.98 Å². The van der Waals surface area contributed by atoms with E-state index in [-0.39, 0.29) is 0 Å². The van der Waals surface area contributed by atoms with Gasteiger partial charge in [0.2, 0.25) is 5.88 Å². The highest BCUT2D eigenvalue weighted by atomic mass is 16.5. The minimum absolute atomic E-state index is 0.471. The average molecular weight is 264 g/mol. The van der Waals surface area contributed by atoms with Crippen LogP contribution in [0.5, 0.6) is 5.88 Å². The van der Waals surface area contributed by atoms with Gasteiger partial charge in [0.15, 0.2) is 5.82 Å². The molecule has 5 nitrogen and oxygen atoms in total. The van der Waals surface area contributed by atoms with E-state index >= 15 is 0 Å². The molecule has 0 aliphatic heterocycles. The molecule has 2 rings (SSSR count). The Morgan fingerprint density at radius 2 is 2.00 bits per heavy atom. The summed E-state index contributed by atoms with van der Waals surface area (Å²) in [5, 5.41) is 3.45. The molecule has 1 aromatic rings. The Bertz CT molecular complexity index is 389. The predicted octanol–water partition coefficient (Wildman–Crippen LogP) is 2.98. The van der Waals surface area contributed by atoms with Crippen LogP contribution in [-0.4, -0.2) is 22.6 Å². The topological polar surface area (TPSA) is 73.1 Å². The Kier molecular flexibility index (Phi) is 5.24. The molecule has 1 aromatic heterocycles. The maximum Gasteiger partial charge on any atom is 0.242 e. The van der Waals surface area contributed by atoms with Crippen LogP contribution in [0.3, 0.4) is 0 Å². The predicted molar refractivity (Wildman–Crippen MR) is 77.3 cm³/mol. The van der Waals surface area contributed by atoms with Gasteiger partial charge in [-0.15, -0.1) is 0 Å². The fraction of sp³-hybridized carbons (Fsp3) is 0.714. The van der Waals surface area contributed by atoms with E-state index in [0.29, 0.717) is 30.0 Å². The third kappa shape index (κ3) is 3.98. The maximum atomic E-state index is 6.07. The molecular formula is C14H24N4O. The summed E-state index contributed by atoms with van der Waals surface area (Å²) in [5.74, 6) is 1.21. The normalized spacial score (nSPS) is 16.9. The molecule has 0 radical (unpaired) electrons. The zero-order chi connectivity index (χ0) is 13.5. The van der Waals surface area contributed by atoms with E-state index in [1.807, 2.05) is 0 Å². The van der Waals surface area contributed by atoms with Crippen LogP contribution in [0.15, 0.2) is 6.33 Å². The lowest BCUT2D eigenvalue weighted by atomic mass is 10.1. The Morgan fingerprint density at radius 3 is 2.68 bits per heavy atom. The molecule has 0 unspecified atom stereocenters. The fourth-order valence-electron chi connectivity index (χ4n) is 2.43. The number of aromatic nitrogens is 2. The van der Waals surface area contributed by atoms with Crippen molar-refractivity contribution in [3.8, 4) is 5.88 Å². The monoisotopic (exact) mass is 264 g/mol. The maximum absolute atomic E-state index is 6.07.